The summed E-state index contributed by atoms with van der Waals surface area (Å²) in [6, 6.07) is 23.2. The topological polar surface area (TPSA) is 65.2 Å². The van der Waals surface area contributed by atoms with Crippen LogP contribution in [0.25, 0.3) is 11.3 Å². The Kier molecular flexibility index (Phi) is 8.91. The molecule has 1 heterocycles. The van der Waals surface area contributed by atoms with E-state index in [4.69, 9.17) is 31.2 Å². The first-order chi connectivity index (χ1) is 19.1. The average Bonchev–Trinajstić information content (AvgIpc) is 3.38. The highest BCUT2D eigenvalue weighted by Crippen LogP contribution is 2.25. The van der Waals surface area contributed by atoms with Gasteiger partial charge in [0.05, 0.1) is 30.6 Å². The summed E-state index contributed by atoms with van der Waals surface area (Å²) < 4.78 is 12.6. The van der Waals surface area contributed by atoms with Gasteiger partial charge in [-0.2, -0.15) is 5.10 Å². The fraction of sp³-hybridized carbons (Fsp3) is 0.258. The standard InChI is InChI=1S/C31H30ClN3O3S/c1-37-30(36)24-14-10-23(11-15-24)20-38-28-16-12-22(13-17-28)19-33-35-29(25-6-5-7-26(32)18-25)21-39-31(35)34-27-8-3-2-4-9-27/h5-7,10-19,21,27H,2-4,8-9,20H2,1H3/b33-19+,34-31?. The van der Waals surface area contributed by atoms with E-state index in [0.717, 1.165) is 45.8 Å². The summed E-state index contributed by atoms with van der Waals surface area (Å²) in [4.78, 5) is 17.6. The highest BCUT2D eigenvalue weighted by molar-refractivity contribution is 7.07. The van der Waals surface area contributed by atoms with E-state index in [1.54, 1.807) is 23.5 Å². The predicted octanol–water partition coefficient (Wildman–Crippen LogP) is 7.35. The lowest BCUT2D eigenvalue weighted by atomic mass is 9.96. The molecule has 1 aliphatic rings. The number of benzene rings is 3. The Hall–Kier alpha value is -3.68. The molecular formula is C31H30ClN3O3S. The number of methoxy groups -OCH3 is 1. The zero-order valence-electron chi connectivity index (χ0n) is 21.8. The summed E-state index contributed by atoms with van der Waals surface area (Å²) in [6.45, 7) is 0.397. The lowest BCUT2D eigenvalue weighted by Gasteiger charge is -2.16. The van der Waals surface area contributed by atoms with Gasteiger partial charge in [-0.25, -0.2) is 9.47 Å². The minimum atomic E-state index is -0.352. The van der Waals surface area contributed by atoms with Gasteiger partial charge in [-0.05, 0) is 72.5 Å². The van der Waals surface area contributed by atoms with E-state index >= 15 is 0 Å². The van der Waals surface area contributed by atoms with Crippen molar-refractivity contribution in [3.8, 4) is 17.0 Å². The third-order valence-electron chi connectivity index (χ3n) is 6.66. The van der Waals surface area contributed by atoms with Gasteiger partial charge in [0.2, 0.25) is 4.80 Å². The van der Waals surface area contributed by atoms with Gasteiger partial charge in [-0.1, -0.05) is 55.1 Å². The molecule has 1 fully saturated rings. The SMILES string of the molecule is COC(=O)c1ccc(COc2ccc(/C=N/n3c(-c4cccc(Cl)c4)csc3=NC3CCCCC3)cc2)cc1. The molecule has 4 aromatic rings. The van der Waals surface area contributed by atoms with Crippen LogP contribution in [0.15, 0.2) is 88.3 Å². The van der Waals surface area contributed by atoms with Crippen molar-refractivity contribution in [1.82, 2.24) is 4.68 Å². The summed E-state index contributed by atoms with van der Waals surface area (Å²) in [7, 11) is 1.37. The van der Waals surface area contributed by atoms with Crippen LogP contribution in [0.2, 0.25) is 5.02 Å². The molecule has 0 unspecified atom stereocenters. The molecule has 0 radical (unpaired) electrons. The molecule has 39 heavy (non-hydrogen) atoms. The average molecular weight is 560 g/mol. The van der Waals surface area contributed by atoms with Crippen LogP contribution in [-0.4, -0.2) is 30.0 Å². The molecule has 1 aliphatic carbocycles. The summed E-state index contributed by atoms with van der Waals surface area (Å²) in [5.74, 6) is 0.398. The number of hydrogen-bond donors (Lipinski definition) is 0. The van der Waals surface area contributed by atoms with E-state index < -0.39 is 0 Å². The van der Waals surface area contributed by atoms with Gasteiger partial charge in [0.15, 0.2) is 0 Å². The van der Waals surface area contributed by atoms with Crippen LogP contribution in [0.5, 0.6) is 5.75 Å². The fourth-order valence-electron chi connectivity index (χ4n) is 4.51. The van der Waals surface area contributed by atoms with Crippen molar-refractivity contribution in [2.75, 3.05) is 7.11 Å². The summed E-state index contributed by atoms with van der Waals surface area (Å²) >= 11 is 7.90. The van der Waals surface area contributed by atoms with Crippen molar-refractivity contribution in [1.29, 1.82) is 0 Å². The zero-order chi connectivity index (χ0) is 27.0. The number of hydrogen-bond acceptors (Lipinski definition) is 6. The van der Waals surface area contributed by atoms with Gasteiger partial charge in [0.25, 0.3) is 0 Å². The van der Waals surface area contributed by atoms with Crippen LogP contribution in [0.4, 0.5) is 0 Å². The molecule has 0 amide bonds. The van der Waals surface area contributed by atoms with Gasteiger partial charge in [-0.3, -0.25) is 4.99 Å². The summed E-state index contributed by atoms with van der Waals surface area (Å²) in [5, 5.41) is 7.63. The van der Waals surface area contributed by atoms with E-state index in [-0.39, 0.29) is 5.97 Å². The second-order valence-corrected chi connectivity index (χ2v) is 10.7. The number of thiazole rings is 1. The van der Waals surface area contributed by atoms with E-state index in [1.807, 2.05) is 71.6 Å². The molecule has 1 saturated carbocycles. The maximum atomic E-state index is 11.6. The van der Waals surface area contributed by atoms with E-state index in [9.17, 15) is 4.79 Å². The van der Waals surface area contributed by atoms with Crippen LogP contribution in [0.1, 0.15) is 53.6 Å². The number of halogens is 1. The first-order valence-corrected chi connectivity index (χ1v) is 14.3. The quantitative estimate of drug-likeness (QED) is 0.167. The highest BCUT2D eigenvalue weighted by Gasteiger charge is 2.14. The maximum Gasteiger partial charge on any atom is 0.337 e. The van der Waals surface area contributed by atoms with E-state index in [2.05, 4.69) is 5.38 Å². The van der Waals surface area contributed by atoms with Gasteiger partial charge in [-0.15, -0.1) is 11.3 Å². The van der Waals surface area contributed by atoms with Crippen molar-refractivity contribution >= 4 is 35.1 Å². The third-order valence-corrected chi connectivity index (χ3v) is 7.72. The minimum absolute atomic E-state index is 0.346. The van der Waals surface area contributed by atoms with Crippen molar-refractivity contribution in [3.63, 3.8) is 0 Å². The molecule has 0 N–H and O–H groups in total. The van der Waals surface area contributed by atoms with Crippen LogP contribution in [0, 0.1) is 0 Å². The van der Waals surface area contributed by atoms with Crippen LogP contribution in [-0.2, 0) is 11.3 Å². The van der Waals surface area contributed by atoms with Crippen LogP contribution in [0.3, 0.4) is 0 Å². The normalized spacial score (nSPS) is 14.6. The first-order valence-electron chi connectivity index (χ1n) is 13.0. The zero-order valence-corrected chi connectivity index (χ0v) is 23.3. The molecule has 1 aromatic heterocycles. The first kappa shape index (κ1) is 26.9. The number of ether oxygens (including phenoxy) is 2. The second kappa shape index (κ2) is 12.9. The van der Waals surface area contributed by atoms with E-state index in [1.165, 1.54) is 26.4 Å². The Balaban J connectivity index is 1.32. The Morgan fingerprint density at radius 3 is 2.54 bits per heavy atom. The Morgan fingerprint density at radius 1 is 1.05 bits per heavy atom. The molecule has 0 aliphatic heterocycles. The maximum absolute atomic E-state index is 11.6. The Morgan fingerprint density at radius 2 is 1.82 bits per heavy atom. The molecular weight excluding hydrogens is 530 g/mol. The number of rotatable bonds is 8. The molecule has 0 spiro atoms. The smallest absolute Gasteiger partial charge is 0.337 e. The molecule has 3 aromatic carbocycles. The van der Waals surface area contributed by atoms with Gasteiger partial charge < -0.3 is 9.47 Å². The summed E-state index contributed by atoms with van der Waals surface area (Å²) in [6.07, 6.45) is 7.87. The van der Waals surface area contributed by atoms with Gasteiger partial charge >= 0.3 is 5.97 Å². The van der Waals surface area contributed by atoms with Crippen molar-refractivity contribution in [2.45, 2.75) is 44.8 Å². The molecule has 0 saturated heterocycles. The molecule has 8 heteroatoms. The number of aromatic nitrogens is 1. The lowest BCUT2D eigenvalue weighted by molar-refractivity contribution is 0.0600. The van der Waals surface area contributed by atoms with Crippen molar-refractivity contribution in [3.05, 3.63) is 105 Å². The van der Waals surface area contributed by atoms with Crippen molar-refractivity contribution in [2.24, 2.45) is 10.1 Å². The molecule has 200 valence electrons. The Labute approximate surface area is 237 Å². The summed E-state index contributed by atoms with van der Waals surface area (Å²) in [5.41, 5.74) is 4.39. The minimum Gasteiger partial charge on any atom is -0.489 e. The molecule has 5 rings (SSSR count). The molecule has 0 bridgehead atoms. The monoisotopic (exact) mass is 559 g/mol. The number of esters is 1. The Bertz CT molecular complexity index is 1500. The third kappa shape index (κ3) is 7.05. The van der Waals surface area contributed by atoms with Gasteiger partial charge in [0, 0.05) is 16.0 Å². The van der Waals surface area contributed by atoms with Crippen LogP contribution >= 0.6 is 22.9 Å². The lowest BCUT2D eigenvalue weighted by Crippen LogP contribution is -2.19. The van der Waals surface area contributed by atoms with Crippen molar-refractivity contribution < 1.29 is 14.3 Å². The fourth-order valence-corrected chi connectivity index (χ4v) is 5.61. The molecule has 6 nitrogen and oxygen atoms in total. The number of carbonyl (C=O) groups is 1. The van der Waals surface area contributed by atoms with E-state index in [0.29, 0.717) is 23.2 Å². The second-order valence-electron chi connectivity index (χ2n) is 9.44. The van der Waals surface area contributed by atoms with Gasteiger partial charge in [0.1, 0.15) is 12.4 Å². The largest absolute Gasteiger partial charge is 0.489 e. The highest BCUT2D eigenvalue weighted by atomic mass is 35.5. The number of nitrogens with zero attached hydrogens (tertiary/aromatic N) is 3. The number of carbonyl (C=O) groups excluding carboxylic acids is 1. The predicted molar refractivity (Wildman–Crippen MR) is 157 cm³/mol. The molecule has 0 atom stereocenters. The van der Waals surface area contributed by atoms with Crippen LogP contribution < -0.4 is 9.54 Å².